The fourth-order valence-electron chi connectivity index (χ4n) is 3.68. The Bertz CT molecular complexity index is 1320. The first-order chi connectivity index (χ1) is 16.3. The molecule has 10 heteroatoms. The van der Waals surface area contributed by atoms with E-state index in [1.165, 1.54) is 24.3 Å². The maximum absolute atomic E-state index is 13.4. The van der Waals surface area contributed by atoms with Crippen LogP contribution in [-0.2, 0) is 19.6 Å². The van der Waals surface area contributed by atoms with Crippen LogP contribution in [0, 0.1) is 0 Å². The predicted octanol–water partition coefficient (Wildman–Crippen LogP) is 4.95. The van der Waals surface area contributed by atoms with Crippen LogP contribution in [0.2, 0.25) is 10.0 Å². The number of rotatable bonds is 7. The molecular weight excluding hydrogens is 497 g/mol. The number of nitrogens with one attached hydrogen (secondary N) is 1. The molecule has 1 heterocycles. The van der Waals surface area contributed by atoms with E-state index < -0.39 is 22.5 Å². The summed E-state index contributed by atoms with van der Waals surface area (Å²) in [6.45, 7) is 0.140. The van der Waals surface area contributed by atoms with Gasteiger partial charge in [0.2, 0.25) is 11.8 Å². The Morgan fingerprint density at radius 3 is 2.32 bits per heavy atom. The Morgan fingerprint density at radius 2 is 1.68 bits per heavy atom. The summed E-state index contributed by atoms with van der Waals surface area (Å²) in [6.07, 6.45) is 1.34. The van der Waals surface area contributed by atoms with Crippen LogP contribution in [0.4, 0.5) is 17.1 Å². The number of anilines is 3. The number of carbonyl (C=O) groups is 2. The molecule has 0 radical (unpaired) electrons. The summed E-state index contributed by atoms with van der Waals surface area (Å²) in [5.74, 6) is -0.502. The summed E-state index contributed by atoms with van der Waals surface area (Å²) < 4.78 is 27.8. The Labute approximate surface area is 207 Å². The first kappa shape index (κ1) is 24.1. The zero-order valence-electron chi connectivity index (χ0n) is 17.9. The second kappa shape index (κ2) is 10.0. The fourth-order valence-corrected chi connectivity index (χ4v) is 5.58. The van der Waals surface area contributed by atoms with Gasteiger partial charge in [0.1, 0.15) is 6.54 Å². The van der Waals surface area contributed by atoms with Gasteiger partial charge in [0.25, 0.3) is 10.0 Å². The van der Waals surface area contributed by atoms with Crippen molar-refractivity contribution in [3.8, 4) is 0 Å². The topological polar surface area (TPSA) is 86.8 Å². The van der Waals surface area contributed by atoms with Crippen molar-refractivity contribution < 1.29 is 18.0 Å². The van der Waals surface area contributed by atoms with Crippen molar-refractivity contribution in [3.05, 3.63) is 82.8 Å². The lowest BCUT2D eigenvalue weighted by atomic mass is 10.2. The van der Waals surface area contributed by atoms with Crippen LogP contribution in [-0.4, -0.2) is 33.3 Å². The van der Waals surface area contributed by atoms with Crippen LogP contribution in [0.25, 0.3) is 0 Å². The van der Waals surface area contributed by atoms with Crippen molar-refractivity contribution in [1.82, 2.24) is 0 Å². The molecule has 0 atom stereocenters. The van der Waals surface area contributed by atoms with Gasteiger partial charge in [-0.15, -0.1) is 0 Å². The molecule has 0 aliphatic carbocycles. The van der Waals surface area contributed by atoms with Crippen LogP contribution in [0.3, 0.4) is 0 Å². The molecule has 2 amide bonds. The molecular formula is C24H21Cl2N3O4S. The van der Waals surface area contributed by atoms with Crippen LogP contribution in [0.1, 0.15) is 12.8 Å². The summed E-state index contributed by atoms with van der Waals surface area (Å²) in [7, 11) is -4.12. The average Bonchev–Trinajstić information content (AvgIpc) is 3.26. The van der Waals surface area contributed by atoms with Crippen molar-refractivity contribution in [2.75, 3.05) is 27.6 Å². The van der Waals surface area contributed by atoms with Crippen molar-refractivity contribution in [2.24, 2.45) is 0 Å². The van der Waals surface area contributed by atoms with Crippen LogP contribution in [0.15, 0.2) is 77.7 Å². The van der Waals surface area contributed by atoms with Crippen LogP contribution < -0.4 is 14.5 Å². The maximum atomic E-state index is 13.4. The molecule has 3 aromatic carbocycles. The van der Waals surface area contributed by atoms with E-state index in [0.29, 0.717) is 18.7 Å². The SMILES string of the molecule is O=C(CN(c1cccc(Cl)c1Cl)S(=O)(=O)c1ccccc1)Nc1ccc(N2CCCC2=O)cc1. The van der Waals surface area contributed by atoms with Crippen molar-refractivity contribution in [2.45, 2.75) is 17.7 Å². The molecule has 1 saturated heterocycles. The monoisotopic (exact) mass is 517 g/mol. The Hall–Kier alpha value is -3.07. The Balaban J connectivity index is 1.58. The summed E-state index contributed by atoms with van der Waals surface area (Å²) in [5.41, 5.74) is 1.31. The van der Waals surface area contributed by atoms with Gasteiger partial charge in [0.05, 0.1) is 20.6 Å². The first-order valence-corrected chi connectivity index (χ1v) is 12.7. The van der Waals surface area contributed by atoms with Crippen LogP contribution >= 0.6 is 23.2 Å². The molecule has 176 valence electrons. The number of hydrogen-bond acceptors (Lipinski definition) is 4. The van der Waals surface area contributed by atoms with E-state index in [9.17, 15) is 18.0 Å². The standard InChI is InChI=1S/C24H21Cl2N3O4S/c25-20-8-4-9-21(24(20)26)29(34(32,33)19-6-2-1-3-7-19)16-22(30)27-17-11-13-18(14-12-17)28-15-5-10-23(28)31/h1-4,6-9,11-14H,5,10,15-16H2,(H,27,30). The third-order valence-electron chi connectivity index (χ3n) is 5.35. The smallest absolute Gasteiger partial charge is 0.264 e. The average molecular weight is 518 g/mol. The zero-order valence-corrected chi connectivity index (χ0v) is 20.3. The van der Waals surface area contributed by atoms with Gasteiger partial charge in [-0.1, -0.05) is 47.5 Å². The molecule has 0 unspecified atom stereocenters. The van der Waals surface area contributed by atoms with E-state index in [0.717, 1.165) is 16.4 Å². The maximum Gasteiger partial charge on any atom is 0.264 e. The molecule has 1 N–H and O–H groups in total. The Morgan fingerprint density at radius 1 is 0.971 bits per heavy atom. The summed E-state index contributed by atoms with van der Waals surface area (Å²) in [6, 6.07) is 19.2. The number of amides is 2. The lowest BCUT2D eigenvalue weighted by molar-refractivity contribution is -0.117. The van der Waals surface area contributed by atoms with Crippen molar-refractivity contribution in [3.63, 3.8) is 0 Å². The number of nitrogens with zero attached hydrogens (tertiary/aromatic N) is 2. The number of hydrogen-bond donors (Lipinski definition) is 1. The van der Waals surface area contributed by atoms with E-state index in [-0.39, 0.29) is 26.5 Å². The van der Waals surface area contributed by atoms with E-state index in [4.69, 9.17) is 23.2 Å². The van der Waals surface area contributed by atoms with Gasteiger partial charge < -0.3 is 10.2 Å². The van der Waals surface area contributed by atoms with Crippen molar-refractivity contribution in [1.29, 1.82) is 0 Å². The third kappa shape index (κ3) is 5.04. The summed E-state index contributed by atoms with van der Waals surface area (Å²) >= 11 is 12.4. The second-order valence-corrected chi connectivity index (χ2v) is 10.3. The molecule has 4 rings (SSSR count). The highest BCUT2D eigenvalue weighted by atomic mass is 35.5. The molecule has 1 aliphatic rings. The molecule has 1 fully saturated rings. The van der Waals surface area contributed by atoms with Gasteiger partial charge in [-0.2, -0.15) is 0 Å². The van der Waals surface area contributed by atoms with Gasteiger partial charge in [0.15, 0.2) is 0 Å². The van der Waals surface area contributed by atoms with Gasteiger partial charge in [-0.3, -0.25) is 13.9 Å². The number of carbonyl (C=O) groups excluding carboxylic acids is 2. The number of halogens is 2. The normalized spacial score (nSPS) is 13.7. The van der Waals surface area contributed by atoms with Gasteiger partial charge in [0, 0.05) is 24.3 Å². The largest absolute Gasteiger partial charge is 0.325 e. The molecule has 1 aliphatic heterocycles. The molecule has 0 spiro atoms. The van der Waals surface area contributed by atoms with E-state index >= 15 is 0 Å². The van der Waals surface area contributed by atoms with E-state index in [1.807, 2.05) is 0 Å². The highest BCUT2D eigenvalue weighted by Gasteiger charge is 2.29. The highest BCUT2D eigenvalue weighted by Crippen LogP contribution is 2.35. The lowest BCUT2D eigenvalue weighted by Gasteiger charge is -2.25. The summed E-state index contributed by atoms with van der Waals surface area (Å²) in [4.78, 5) is 26.5. The van der Waals surface area contributed by atoms with Crippen molar-refractivity contribution >= 4 is 62.1 Å². The Kier molecular flexibility index (Phi) is 7.11. The van der Waals surface area contributed by atoms with Crippen LogP contribution in [0.5, 0.6) is 0 Å². The van der Waals surface area contributed by atoms with Gasteiger partial charge >= 0.3 is 0 Å². The first-order valence-electron chi connectivity index (χ1n) is 10.5. The minimum absolute atomic E-state index is 0.0125. The van der Waals surface area contributed by atoms with Gasteiger partial charge in [-0.05, 0) is 55.0 Å². The fraction of sp³-hybridized carbons (Fsp3) is 0.167. The number of sulfonamides is 1. The van der Waals surface area contributed by atoms with Gasteiger partial charge in [-0.25, -0.2) is 8.42 Å². The molecule has 0 bridgehead atoms. The minimum Gasteiger partial charge on any atom is -0.325 e. The molecule has 34 heavy (non-hydrogen) atoms. The molecule has 0 saturated carbocycles. The molecule has 0 aromatic heterocycles. The second-order valence-electron chi connectivity index (χ2n) is 7.64. The zero-order chi connectivity index (χ0) is 24.3. The van der Waals surface area contributed by atoms with E-state index in [2.05, 4.69) is 5.32 Å². The molecule has 3 aromatic rings. The third-order valence-corrected chi connectivity index (χ3v) is 7.94. The predicted molar refractivity (Wildman–Crippen MR) is 134 cm³/mol. The molecule has 7 nitrogen and oxygen atoms in total. The minimum atomic E-state index is -4.12. The van der Waals surface area contributed by atoms with E-state index in [1.54, 1.807) is 53.4 Å². The lowest BCUT2D eigenvalue weighted by Crippen LogP contribution is -2.38. The quantitative estimate of drug-likeness (QED) is 0.480. The number of benzene rings is 3. The highest BCUT2D eigenvalue weighted by molar-refractivity contribution is 7.92. The summed E-state index contributed by atoms with van der Waals surface area (Å²) in [5, 5.41) is 2.89.